The van der Waals surface area contributed by atoms with Crippen LogP contribution in [0.25, 0.3) is 49.7 Å². The standard InChI is InChI=1S/C34H24N4.Pt/c1-34(2)30-12-6-10-26(35-30)23-8-5-7-21(19-23)13-14-22-15-17-28-25(20-22)32-24(16-18-31(34)37-32)33-36-27-9-3-4-11-29(27)38(28)33;/h3-12,15-18H,13-14H2,1-2H3;/q-2;+2. The molecule has 1 aliphatic rings. The average Bonchev–Trinajstić information content (AvgIpc) is 3.36. The predicted molar refractivity (Wildman–Crippen MR) is 152 cm³/mol. The Morgan fingerprint density at radius 1 is 0.692 bits per heavy atom. The van der Waals surface area contributed by atoms with Crippen LogP contribution in [0.2, 0.25) is 0 Å². The van der Waals surface area contributed by atoms with Gasteiger partial charge in [-0.25, -0.2) is 4.98 Å². The normalized spacial score (nSPS) is 14.2. The third kappa shape index (κ3) is 3.66. The molecule has 0 aliphatic carbocycles. The summed E-state index contributed by atoms with van der Waals surface area (Å²) in [6.07, 6.45) is 1.76. The quantitative estimate of drug-likeness (QED) is 0.125. The summed E-state index contributed by atoms with van der Waals surface area (Å²) in [6.45, 7) is 4.40. The minimum absolute atomic E-state index is 0. The number of fused-ring (bicyclic) bond motifs is 12. The maximum Gasteiger partial charge on any atom is 2.00 e. The van der Waals surface area contributed by atoms with Crippen LogP contribution < -0.4 is 0 Å². The van der Waals surface area contributed by atoms with E-state index < -0.39 is 5.41 Å². The molecule has 0 atom stereocenters. The maximum absolute atomic E-state index is 5.34. The third-order valence-electron chi connectivity index (χ3n) is 7.98. The van der Waals surface area contributed by atoms with Crippen LogP contribution in [0, 0.1) is 12.1 Å². The van der Waals surface area contributed by atoms with E-state index >= 15 is 0 Å². The molecule has 39 heavy (non-hydrogen) atoms. The number of para-hydroxylation sites is 2. The van der Waals surface area contributed by atoms with Gasteiger partial charge in [-0.05, 0) is 62.2 Å². The Bertz CT molecular complexity index is 2070. The first-order valence-corrected chi connectivity index (χ1v) is 13.1. The van der Waals surface area contributed by atoms with Crippen LogP contribution in [0.3, 0.4) is 0 Å². The molecule has 0 N–H and O–H groups in total. The van der Waals surface area contributed by atoms with Crippen LogP contribution in [0.15, 0.2) is 84.9 Å². The van der Waals surface area contributed by atoms with Crippen molar-refractivity contribution in [2.75, 3.05) is 0 Å². The Hall–Kier alpha value is -3.88. The number of pyridine rings is 3. The summed E-state index contributed by atoms with van der Waals surface area (Å²) in [5, 5.41) is 2.06. The van der Waals surface area contributed by atoms with Gasteiger partial charge in [0, 0.05) is 27.7 Å². The van der Waals surface area contributed by atoms with Crippen LogP contribution in [0.5, 0.6) is 0 Å². The number of hydrogen-bond donors (Lipinski definition) is 0. The van der Waals surface area contributed by atoms with E-state index in [0.717, 1.165) is 74.0 Å². The van der Waals surface area contributed by atoms with Gasteiger partial charge in [0.1, 0.15) is 5.65 Å². The van der Waals surface area contributed by atoms with E-state index in [-0.39, 0.29) is 21.1 Å². The van der Waals surface area contributed by atoms with Gasteiger partial charge in [-0.2, -0.15) is 0 Å². The third-order valence-corrected chi connectivity index (χ3v) is 7.98. The second kappa shape index (κ2) is 8.83. The topological polar surface area (TPSA) is 43.1 Å². The van der Waals surface area contributed by atoms with Crippen molar-refractivity contribution < 1.29 is 21.1 Å². The van der Waals surface area contributed by atoms with Gasteiger partial charge in [0.05, 0.1) is 11.0 Å². The zero-order valence-electron chi connectivity index (χ0n) is 21.6. The summed E-state index contributed by atoms with van der Waals surface area (Å²) in [7, 11) is 0. The van der Waals surface area contributed by atoms with E-state index in [1.165, 1.54) is 11.1 Å². The molecule has 0 saturated carbocycles. The zero-order valence-corrected chi connectivity index (χ0v) is 23.9. The van der Waals surface area contributed by atoms with E-state index in [9.17, 15) is 0 Å². The van der Waals surface area contributed by atoms with Crippen LogP contribution in [-0.4, -0.2) is 19.4 Å². The van der Waals surface area contributed by atoms with Gasteiger partial charge in [0.15, 0.2) is 0 Å². The van der Waals surface area contributed by atoms with Crippen molar-refractivity contribution in [1.82, 2.24) is 19.4 Å². The fourth-order valence-electron chi connectivity index (χ4n) is 5.82. The monoisotopic (exact) mass is 683 g/mol. The Morgan fingerprint density at radius 2 is 1.49 bits per heavy atom. The largest absolute Gasteiger partial charge is 2.00 e. The average molecular weight is 684 g/mol. The second-order valence-corrected chi connectivity index (χ2v) is 10.7. The minimum Gasteiger partial charge on any atom is -0.335 e. The van der Waals surface area contributed by atoms with Crippen molar-refractivity contribution in [1.29, 1.82) is 0 Å². The number of aryl methyl sites for hydroxylation is 2. The molecule has 5 heterocycles. The van der Waals surface area contributed by atoms with Crippen molar-refractivity contribution in [2.24, 2.45) is 0 Å². The molecule has 3 aromatic carbocycles. The molecule has 190 valence electrons. The number of hydrogen-bond acceptors (Lipinski definition) is 3. The molecule has 0 radical (unpaired) electrons. The summed E-state index contributed by atoms with van der Waals surface area (Å²) >= 11 is 0. The van der Waals surface area contributed by atoms with Gasteiger partial charge < -0.3 is 9.38 Å². The van der Waals surface area contributed by atoms with E-state index in [4.69, 9.17) is 15.0 Å². The van der Waals surface area contributed by atoms with Crippen molar-refractivity contribution in [3.63, 3.8) is 0 Å². The van der Waals surface area contributed by atoms with Crippen LogP contribution in [0.1, 0.15) is 36.4 Å². The summed E-state index contributed by atoms with van der Waals surface area (Å²) in [5.74, 6) is 0. The van der Waals surface area contributed by atoms with Gasteiger partial charge in [-0.3, -0.25) is 4.98 Å². The second-order valence-electron chi connectivity index (χ2n) is 10.7. The molecule has 0 unspecified atom stereocenters. The molecule has 0 fully saturated rings. The first kappa shape index (κ1) is 24.2. The minimum atomic E-state index is -0.405. The van der Waals surface area contributed by atoms with Crippen LogP contribution in [-0.2, 0) is 39.3 Å². The molecule has 5 heteroatoms. The maximum atomic E-state index is 5.34. The van der Waals surface area contributed by atoms with Crippen LogP contribution in [0.4, 0.5) is 0 Å². The molecule has 0 saturated heterocycles. The number of imidazole rings is 1. The smallest absolute Gasteiger partial charge is 0.335 e. The van der Waals surface area contributed by atoms with E-state index in [1.54, 1.807) is 0 Å². The van der Waals surface area contributed by atoms with E-state index in [0.29, 0.717) is 0 Å². The molecule has 1 aliphatic heterocycles. The van der Waals surface area contributed by atoms with Gasteiger partial charge in [-0.15, -0.1) is 64.5 Å². The molecular formula is C34H24N4Pt. The fourth-order valence-corrected chi connectivity index (χ4v) is 5.82. The van der Waals surface area contributed by atoms with Gasteiger partial charge in [0.25, 0.3) is 0 Å². The number of aromatic nitrogens is 4. The Balaban J connectivity index is 0.00000253. The summed E-state index contributed by atoms with van der Waals surface area (Å²) in [6, 6.07) is 37.1. The molecule has 7 aromatic rings. The first-order chi connectivity index (χ1) is 18.6. The molecule has 8 bridgehead atoms. The number of nitrogens with zero attached hydrogens (tertiary/aromatic N) is 4. The van der Waals surface area contributed by atoms with Crippen molar-refractivity contribution in [3.05, 3.63) is 120 Å². The summed E-state index contributed by atoms with van der Waals surface area (Å²) < 4.78 is 2.26. The zero-order chi connectivity index (χ0) is 25.4. The van der Waals surface area contributed by atoms with Gasteiger partial charge in [0.2, 0.25) is 0 Å². The fraction of sp³-hybridized carbons (Fsp3) is 0.147. The van der Waals surface area contributed by atoms with Crippen molar-refractivity contribution >= 4 is 38.5 Å². The molecule has 8 rings (SSSR count). The molecule has 0 amide bonds. The van der Waals surface area contributed by atoms with Crippen LogP contribution >= 0.6 is 0 Å². The summed E-state index contributed by atoms with van der Waals surface area (Å²) in [4.78, 5) is 15.5. The molecule has 0 spiro atoms. The van der Waals surface area contributed by atoms with Gasteiger partial charge in [-0.1, -0.05) is 30.3 Å². The van der Waals surface area contributed by atoms with Crippen molar-refractivity contribution in [3.8, 4) is 11.3 Å². The molecular weight excluding hydrogens is 659 g/mol. The summed E-state index contributed by atoms with van der Waals surface area (Å²) in [5.41, 5.74) is 10.9. The first-order valence-electron chi connectivity index (χ1n) is 13.1. The Labute approximate surface area is 241 Å². The molecule has 4 aromatic heterocycles. The van der Waals surface area contributed by atoms with Gasteiger partial charge >= 0.3 is 21.1 Å². The SMILES string of the molecule is CC1(C)c2cccc(n2)-c2[c-]c(ccc2)CCc2[c-]c3c4nc1ccc4c1nc4ccccc4n1c3cc2.[Pt+2]. The van der Waals surface area contributed by atoms with E-state index in [2.05, 4.69) is 109 Å². The van der Waals surface area contributed by atoms with E-state index in [1.807, 2.05) is 6.07 Å². The Morgan fingerprint density at radius 3 is 2.38 bits per heavy atom. The predicted octanol–water partition coefficient (Wildman–Crippen LogP) is 7.27. The Kier molecular flexibility index (Phi) is 5.47. The molecule has 4 nitrogen and oxygen atoms in total. The number of benzene rings is 3. The van der Waals surface area contributed by atoms with Crippen molar-refractivity contribution in [2.45, 2.75) is 32.1 Å². The number of rotatable bonds is 0.